The van der Waals surface area contributed by atoms with Crippen LogP contribution in [0.3, 0.4) is 0 Å². The molecule has 3 nitrogen and oxygen atoms in total. The van der Waals surface area contributed by atoms with E-state index in [1.807, 2.05) is 0 Å². The molecule has 0 aromatic carbocycles. The van der Waals surface area contributed by atoms with E-state index in [-0.39, 0.29) is 5.54 Å². The van der Waals surface area contributed by atoms with Crippen molar-refractivity contribution >= 4 is 0 Å². The number of rotatable bonds is 2. The Labute approximate surface area is 86.6 Å². The van der Waals surface area contributed by atoms with E-state index in [4.69, 9.17) is 10.5 Å². The van der Waals surface area contributed by atoms with Gasteiger partial charge in [0.1, 0.15) is 0 Å². The van der Waals surface area contributed by atoms with Crippen molar-refractivity contribution in [3.8, 4) is 0 Å². The highest BCUT2D eigenvalue weighted by molar-refractivity contribution is 4.86. The fourth-order valence-electron chi connectivity index (χ4n) is 2.34. The summed E-state index contributed by atoms with van der Waals surface area (Å²) in [4.78, 5) is 2.55. The Balaban J connectivity index is 1.72. The van der Waals surface area contributed by atoms with E-state index in [1.165, 1.54) is 26.1 Å². The molecule has 0 aromatic heterocycles. The molecular formula is C11H22N2O. The van der Waals surface area contributed by atoms with Crippen LogP contribution in [0, 0.1) is 5.92 Å². The fourth-order valence-corrected chi connectivity index (χ4v) is 2.34. The Morgan fingerprint density at radius 2 is 2.14 bits per heavy atom. The number of nitrogens with two attached hydrogens (primary N) is 1. The van der Waals surface area contributed by atoms with Crippen molar-refractivity contribution in [1.29, 1.82) is 0 Å². The largest absolute Gasteiger partial charge is 0.381 e. The highest BCUT2D eigenvalue weighted by atomic mass is 16.5. The van der Waals surface area contributed by atoms with Crippen molar-refractivity contribution in [3.63, 3.8) is 0 Å². The summed E-state index contributed by atoms with van der Waals surface area (Å²) in [7, 11) is 0. The molecule has 0 bridgehead atoms. The van der Waals surface area contributed by atoms with Gasteiger partial charge < -0.3 is 15.4 Å². The standard InChI is InChI=1S/C11H22N2O/c1-11(12)3-5-13(6-4-11)8-10-2-7-14-9-10/h10H,2-9,12H2,1H3. The van der Waals surface area contributed by atoms with Gasteiger partial charge in [-0.3, -0.25) is 0 Å². The van der Waals surface area contributed by atoms with Crippen LogP contribution in [0.1, 0.15) is 26.2 Å². The maximum absolute atomic E-state index is 6.10. The van der Waals surface area contributed by atoms with E-state index in [9.17, 15) is 0 Å². The summed E-state index contributed by atoms with van der Waals surface area (Å²) in [5.41, 5.74) is 6.18. The lowest BCUT2D eigenvalue weighted by Gasteiger charge is -2.37. The van der Waals surface area contributed by atoms with Crippen LogP contribution in [0.15, 0.2) is 0 Å². The first-order valence-electron chi connectivity index (χ1n) is 5.75. The first-order valence-corrected chi connectivity index (χ1v) is 5.75. The van der Waals surface area contributed by atoms with Crippen LogP contribution < -0.4 is 5.73 Å². The van der Waals surface area contributed by atoms with Crippen LogP contribution in [0.25, 0.3) is 0 Å². The first kappa shape index (κ1) is 10.4. The molecule has 2 N–H and O–H groups in total. The maximum atomic E-state index is 6.10. The third-order valence-corrected chi connectivity index (χ3v) is 3.54. The van der Waals surface area contributed by atoms with Gasteiger partial charge in [-0.05, 0) is 45.2 Å². The zero-order valence-electron chi connectivity index (χ0n) is 9.17. The molecule has 82 valence electrons. The smallest absolute Gasteiger partial charge is 0.0507 e. The van der Waals surface area contributed by atoms with Gasteiger partial charge in [0.15, 0.2) is 0 Å². The molecule has 1 unspecified atom stereocenters. The molecule has 14 heavy (non-hydrogen) atoms. The third kappa shape index (κ3) is 2.69. The number of hydrogen-bond donors (Lipinski definition) is 1. The molecule has 0 radical (unpaired) electrons. The summed E-state index contributed by atoms with van der Waals surface area (Å²) in [5, 5.41) is 0. The molecule has 0 amide bonds. The lowest BCUT2D eigenvalue weighted by atomic mass is 9.90. The maximum Gasteiger partial charge on any atom is 0.0507 e. The Morgan fingerprint density at radius 3 is 2.71 bits per heavy atom. The molecule has 2 aliphatic rings. The van der Waals surface area contributed by atoms with Crippen LogP contribution >= 0.6 is 0 Å². The van der Waals surface area contributed by atoms with Crippen LogP contribution in [0.2, 0.25) is 0 Å². The van der Waals surface area contributed by atoms with Crippen LogP contribution in [0.5, 0.6) is 0 Å². The van der Waals surface area contributed by atoms with Crippen molar-refractivity contribution < 1.29 is 4.74 Å². The van der Waals surface area contributed by atoms with Gasteiger partial charge in [-0.1, -0.05) is 0 Å². The molecule has 0 saturated carbocycles. The van der Waals surface area contributed by atoms with Crippen molar-refractivity contribution in [3.05, 3.63) is 0 Å². The highest BCUT2D eigenvalue weighted by Gasteiger charge is 2.27. The topological polar surface area (TPSA) is 38.5 Å². The van der Waals surface area contributed by atoms with Crippen molar-refractivity contribution in [1.82, 2.24) is 4.90 Å². The van der Waals surface area contributed by atoms with Gasteiger partial charge in [-0.25, -0.2) is 0 Å². The molecule has 2 saturated heterocycles. The molecule has 2 rings (SSSR count). The van der Waals surface area contributed by atoms with Crippen LogP contribution in [-0.4, -0.2) is 43.3 Å². The van der Waals surface area contributed by atoms with Crippen LogP contribution in [-0.2, 0) is 4.74 Å². The van der Waals surface area contributed by atoms with E-state index in [0.717, 1.165) is 32.0 Å². The highest BCUT2D eigenvalue weighted by Crippen LogP contribution is 2.21. The second-order valence-electron chi connectivity index (χ2n) is 5.18. The van der Waals surface area contributed by atoms with Crippen molar-refractivity contribution in [2.24, 2.45) is 11.7 Å². The minimum atomic E-state index is 0.0860. The Hall–Kier alpha value is -0.120. The molecular weight excluding hydrogens is 176 g/mol. The van der Waals surface area contributed by atoms with Gasteiger partial charge in [0.2, 0.25) is 0 Å². The zero-order valence-corrected chi connectivity index (χ0v) is 9.17. The lowest BCUT2D eigenvalue weighted by Crippen LogP contribution is -2.49. The van der Waals surface area contributed by atoms with Gasteiger partial charge in [-0.2, -0.15) is 0 Å². The molecule has 2 fully saturated rings. The quantitative estimate of drug-likeness (QED) is 0.714. The molecule has 2 aliphatic heterocycles. The first-order chi connectivity index (χ1) is 6.66. The molecule has 2 heterocycles. The number of likely N-dealkylation sites (tertiary alicyclic amines) is 1. The number of hydrogen-bond acceptors (Lipinski definition) is 3. The fraction of sp³-hybridized carbons (Fsp3) is 1.00. The normalized spacial score (nSPS) is 33.4. The van der Waals surface area contributed by atoms with Gasteiger partial charge in [0, 0.05) is 18.7 Å². The van der Waals surface area contributed by atoms with Gasteiger partial charge in [0.25, 0.3) is 0 Å². The summed E-state index contributed by atoms with van der Waals surface area (Å²) in [6.45, 7) is 7.66. The molecule has 0 aliphatic carbocycles. The third-order valence-electron chi connectivity index (χ3n) is 3.54. The Bertz CT molecular complexity index is 178. The van der Waals surface area contributed by atoms with Gasteiger partial charge in [0.05, 0.1) is 6.61 Å². The second kappa shape index (κ2) is 4.17. The van der Waals surface area contributed by atoms with Gasteiger partial charge in [-0.15, -0.1) is 0 Å². The predicted molar refractivity (Wildman–Crippen MR) is 57.2 cm³/mol. The summed E-state index contributed by atoms with van der Waals surface area (Å²) in [6, 6.07) is 0. The summed E-state index contributed by atoms with van der Waals surface area (Å²) in [5.74, 6) is 0.775. The molecule has 1 atom stereocenters. The second-order valence-corrected chi connectivity index (χ2v) is 5.18. The average molecular weight is 198 g/mol. The minimum Gasteiger partial charge on any atom is -0.381 e. The summed E-state index contributed by atoms with van der Waals surface area (Å²) < 4.78 is 5.39. The van der Waals surface area contributed by atoms with E-state index in [1.54, 1.807) is 0 Å². The Kier molecular flexibility index (Phi) is 3.10. The van der Waals surface area contributed by atoms with Crippen molar-refractivity contribution in [2.45, 2.75) is 31.7 Å². The number of nitrogens with zero attached hydrogens (tertiary/aromatic N) is 1. The summed E-state index contributed by atoms with van der Waals surface area (Å²) in [6.07, 6.45) is 3.53. The van der Waals surface area contributed by atoms with E-state index in [2.05, 4.69) is 11.8 Å². The number of ether oxygens (including phenoxy) is 1. The van der Waals surface area contributed by atoms with E-state index < -0.39 is 0 Å². The van der Waals surface area contributed by atoms with E-state index >= 15 is 0 Å². The van der Waals surface area contributed by atoms with Crippen LogP contribution in [0.4, 0.5) is 0 Å². The lowest BCUT2D eigenvalue weighted by molar-refractivity contribution is 0.135. The average Bonchev–Trinajstić information content (AvgIpc) is 2.61. The monoisotopic (exact) mass is 198 g/mol. The molecule has 0 aromatic rings. The zero-order chi connectivity index (χ0) is 10.0. The summed E-state index contributed by atoms with van der Waals surface area (Å²) >= 11 is 0. The number of piperidine rings is 1. The predicted octanol–water partition coefficient (Wildman–Crippen LogP) is 0.836. The van der Waals surface area contributed by atoms with E-state index in [0.29, 0.717) is 0 Å². The molecule has 0 spiro atoms. The SMILES string of the molecule is CC1(N)CCN(CC2CCOC2)CC1. The Morgan fingerprint density at radius 1 is 1.43 bits per heavy atom. The van der Waals surface area contributed by atoms with Gasteiger partial charge >= 0.3 is 0 Å². The molecule has 3 heteroatoms. The van der Waals surface area contributed by atoms with Crippen molar-refractivity contribution in [2.75, 3.05) is 32.8 Å². The minimum absolute atomic E-state index is 0.0860.